The Bertz CT molecular complexity index is 229. The Morgan fingerprint density at radius 1 is 1.56 bits per heavy atom. The normalized spacial score (nSPS) is 37.2. The summed E-state index contributed by atoms with van der Waals surface area (Å²) in [6.45, 7) is 0. The van der Waals surface area contributed by atoms with Gasteiger partial charge in [-0.3, -0.25) is 0 Å². The van der Waals surface area contributed by atoms with Crippen LogP contribution in [0.25, 0.3) is 0 Å². The van der Waals surface area contributed by atoms with E-state index < -0.39 is 0 Å². The van der Waals surface area contributed by atoms with E-state index in [0.29, 0.717) is 0 Å². The van der Waals surface area contributed by atoms with E-state index in [1.807, 2.05) is 6.20 Å². The largest absolute Gasteiger partial charge is 0.277 e. The second-order valence-corrected chi connectivity index (χ2v) is 3.13. The zero-order valence-electron chi connectivity index (χ0n) is 5.11. The minimum atomic E-state index is 0.769. The van der Waals surface area contributed by atoms with Crippen molar-refractivity contribution in [1.82, 2.24) is 0 Å². The SMILES string of the molecule is C[N+]12C=CN=C1SC=C2. The molecule has 0 aromatic carbocycles. The van der Waals surface area contributed by atoms with E-state index in [1.54, 1.807) is 11.8 Å². The Hall–Kier alpha value is -0.540. The average Bonchev–Trinajstić information content (AvgIpc) is 2.22. The summed E-state index contributed by atoms with van der Waals surface area (Å²) in [5.41, 5.74) is 0. The summed E-state index contributed by atoms with van der Waals surface area (Å²) < 4.78 is 0.769. The van der Waals surface area contributed by atoms with Gasteiger partial charge >= 0.3 is 0 Å². The smallest absolute Gasteiger partial charge is 0.217 e. The van der Waals surface area contributed by atoms with Gasteiger partial charge in [-0.1, -0.05) is 0 Å². The van der Waals surface area contributed by atoms with E-state index in [-0.39, 0.29) is 0 Å². The number of nitrogens with zero attached hydrogens (tertiary/aromatic N) is 2. The maximum absolute atomic E-state index is 4.18. The van der Waals surface area contributed by atoms with Crippen LogP contribution in [-0.2, 0) is 0 Å². The first kappa shape index (κ1) is 5.26. The third-order valence-corrected chi connectivity index (χ3v) is 2.48. The van der Waals surface area contributed by atoms with Crippen LogP contribution < -0.4 is 0 Å². The summed E-state index contributed by atoms with van der Waals surface area (Å²) >= 11 is 1.69. The fraction of sp³-hybridized carbons (Fsp3) is 0.167. The number of hydrogen-bond donors (Lipinski definition) is 0. The molecule has 0 amide bonds. The van der Waals surface area contributed by atoms with Crippen LogP contribution in [0.3, 0.4) is 0 Å². The minimum absolute atomic E-state index is 0.769. The highest BCUT2D eigenvalue weighted by Gasteiger charge is 2.32. The van der Waals surface area contributed by atoms with Gasteiger partial charge in [0.05, 0.1) is 13.2 Å². The molecule has 3 heteroatoms. The van der Waals surface area contributed by atoms with Crippen molar-refractivity contribution in [3.63, 3.8) is 0 Å². The van der Waals surface area contributed by atoms with Gasteiger partial charge < -0.3 is 0 Å². The predicted molar refractivity (Wildman–Crippen MR) is 39.5 cm³/mol. The lowest BCUT2D eigenvalue weighted by Crippen LogP contribution is -2.31. The summed E-state index contributed by atoms with van der Waals surface area (Å²) in [5.74, 6) is 0. The fourth-order valence-corrected chi connectivity index (χ4v) is 1.80. The Morgan fingerprint density at radius 2 is 2.44 bits per heavy atom. The molecule has 0 spiro atoms. The number of amidine groups is 1. The zero-order valence-corrected chi connectivity index (χ0v) is 5.93. The molecule has 9 heavy (non-hydrogen) atoms. The molecule has 0 bridgehead atoms. The first-order valence-electron chi connectivity index (χ1n) is 2.78. The van der Waals surface area contributed by atoms with Crippen molar-refractivity contribution >= 4 is 16.9 Å². The van der Waals surface area contributed by atoms with Gasteiger partial charge in [-0.05, 0) is 11.8 Å². The van der Waals surface area contributed by atoms with Crippen LogP contribution in [0.5, 0.6) is 0 Å². The van der Waals surface area contributed by atoms with E-state index in [2.05, 4.69) is 29.8 Å². The molecule has 0 fully saturated rings. The van der Waals surface area contributed by atoms with Crippen molar-refractivity contribution < 1.29 is 4.48 Å². The van der Waals surface area contributed by atoms with Crippen LogP contribution in [-0.4, -0.2) is 16.7 Å². The molecule has 2 heterocycles. The molecule has 0 N–H and O–H groups in total. The second kappa shape index (κ2) is 1.49. The Morgan fingerprint density at radius 3 is 3.22 bits per heavy atom. The summed E-state index contributed by atoms with van der Waals surface area (Å²) in [7, 11) is 2.11. The lowest BCUT2D eigenvalue weighted by atomic mass is 10.6. The first-order chi connectivity index (χ1) is 4.31. The van der Waals surface area contributed by atoms with Crippen LogP contribution in [0.2, 0.25) is 0 Å². The third-order valence-electron chi connectivity index (χ3n) is 1.52. The van der Waals surface area contributed by atoms with Crippen molar-refractivity contribution in [3.8, 4) is 0 Å². The van der Waals surface area contributed by atoms with Gasteiger partial charge in [0.2, 0.25) is 0 Å². The van der Waals surface area contributed by atoms with Crippen LogP contribution in [0, 0.1) is 0 Å². The van der Waals surface area contributed by atoms with E-state index in [1.165, 1.54) is 0 Å². The lowest BCUT2D eigenvalue weighted by Gasteiger charge is -2.14. The molecule has 0 radical (unpaired) electrons. The molecular formula is C6H7N2S+. The van der Waals surface area contributed by atoms with E-state index in [4.69, 9.17) is 0 Å². The molecule has 2 rings (SSSR count). The summed E-state index contributed by atoms with van der Waals surface area (Å²) in [6.07, 6.45) is 6.03. The molecule has 1 unspecified atom stereocenters. The number of rotatable bonds is 0. The monoisotopic (exact) mass is 139 g/mol. The molecule has 2 aliphatic heterocycles. The molecule has 0 aromatic heterocycles. The molecule has 0 saturated carbocycles. The van der Waals surface area contributed by atoms with Crippen LogP contribution in [0.1, 0.15) is 0 Å². The van der Waals surface area contributed by atoms with Gasteiger partial charge in [0.1, 0.15) is 12.4 Å². The quantitative estimate of drug-likeness (QED) is 0.463. The summed E-state index contributed by atoms with van der Waals surface area (Å²) in [5, 5.41) is 3.22. The topological polar surface area (TPSA) is 12.4 Å². The molecule has 0 saturated heterocycles. The fourth-order valence-electron chi connectivity index (χ4n) is 0.899. The molecule has 2 nitrogen and oxygen atoms in total. The predicted octanol–water partition coefficient (Wildman–Crippen LogP) is 1.49. The number of hydrogen-bond acceptors (Lipinski definition) is 2. The highest BCUT2D eigenvalue weighted by Crippen LogP contribution is 2.29. The van der Waals surface area contributed by atoms with E-state index in [9.17, 15) is 0 Å². The van der Waals surface area contributed by atoms with Crippen molar-refractivity contribution in [1.29, 1.82) is 0 Å². The van der Waals surface area contributed by atoms with Gasteiger partial charge in [0.15, 0.2) is 0 Å². The van der Waals surface area contributed by atoms with E-state index >= 15 is 0 Å². The van der Waals surface area contributed by atoms with Crippen LogP contribution in [0.4, 0.5) is 0 Å². The first-order valence-corrected chi connectivity index (χ1v) is 3.66. The molecular weight excluding hydrogens is 132 g/mol. The molecule has 1 atom stereocenters. The minimum Gasteiger partial charge on any atom is -0.217 e. The van der Waals surface area contributed by atoms with Gasteiger partial charge in [-0.2, -0.15) is 4.99 Å². The Labute approximate surface area is 58.2 Å². The van der Waals surface area contributed by atoms with Gasteiger partial charge in [0.25, 0.3) is 5.17 Å². The number of quaternary nitrogens is 1. The maximum Gasteiger partial charge on any atom is 0.277 e. The standard InChI is InChI=1S/C6H7N2S/c1-8-3-2-7-6(8)9-5-4-8/h2-5H,1H3/q+1. The van der Waals surface area contributed by atoms with Gasteiger partial charge in [-0.15, -0.1) is 0 Å². The number of fused-ring (bicyclic) bond motifs is 1. The summed E-state index contributed by atoms with van der Waals surface area (Å²) in [6, 6.07) is 0. The van der Waals surface area contributed by atoms with E-state index in [0.717, 1.165) is 9.65 Å². The van der Waals surface area contributed by atoms with Crippen molar-refractivity contribution in [3.05, 3.63) is 24.0 Å². The zero-order chi connectivity index (χ0) is 6.32. The van der Waals surface area contributed by atoms with Gasteiger partial charge in [0, 0.05) is 5.41 Å². The van der Waals surface area contributed by atoms with Crippen LogP contribution >= 0.6 is 11.8 Å². The third kappa shape index (κ3) is 0.587. The molecule has 46 valence electrons. The van der Waals surface area contributed by atoms with Crippen LogP contribution in [0.15, 0.2) is 29.0 Å². The highest BCUT2D eigenvalue weighted by molar-refractivity contribution is 8.16. The average molecular weight is 139 g/mol. The Kier molecular flexibility index (Phi) is 0.870. The second-order valence-electron chi connectivity index (χ2n) is 2.26. The summed E-state index contributed by atoms with van der Waals surface area (Å²) in [4.78, 5) is 4.18. The van der Waals surface area contributed by atoms with Crippen molar-refractivity contribution in [2.75, 3.05) is 7.05 Å². The lowest BCUT2D eigenvalue weighted by molar-refractivity contribution is -0.698. The molecule has 0 aromatic rings. The van der Waals surface area contributed by atoms with Crippen molar-refractivity contribution in [2.45, 2.75) is 0 Å². The number of thioether (sulfide) groups is 1. The highest BCUT2D eigenvalue weighted by atomic mass is 32.2. The van der Waals surface area contributed by atoms with Gasteiger partial charge in [-0.25, -0.2) is 4.48 Å². The molecule has 2 aliphatic rings. The molecule has 0 aliphatic carbocycles. The van der Waals surface area contributed by atoms with Crippen molar-refractivity contribution in [2.24, 2.45) is 4.99 Å². The maximum atomic E-state index is 4.18. The Balaban J connectivity index is 2.50. The number of aliphatic imine (C=N–C) groups is 1.